The molecule has 158 valence electrons. The molecule has 2 aromatic carbocycles. The number of hydrogen-bond donors (Lipinski definition) is 3. The van der Waals surface area contributed by atoms with Crippen molar-refractivity contribution in [2.45, 2.75) is 18.2 Å². The number of aryl methyl sites for hydroxylation is 1. The van der Waals surface area contributed by atoms with Crippen molar-refractivity contribution in [3.05, 3.63) is 70.0 Å². The van der Waals surface area contributed by atoms with E-state index in [4.69, 9.17) is 12.2 Å². The quantitative estimate of drug-likeness (QED) is 0.481. The van der Waals surface area contributed by atoms with Gasteiger partial charge in [-0.2, -0.15) is 5.10 Å². The zero-order valence-electron chi connectivity index (χ0n) is 16.3. The minimum atomic E-state index is -4.00. The second-order valence-electron chi connectivity index (χ2n) is 6.61. The van der Waals surface area contributed by atoms with Crippen LogP contribution in [0.15, 0.2) is 47.4 Å². The smallest absolute Gasteiger partial charge is 0.261 e. The number of benzene rings is 2. The van der Waals surface area contributed by atoms with Crippen LogP contribution in [0.1, 0.15) is 21.7 Å². The molecule has 3 rings (SSSR count). The summed E-state index contributed by atoms with van der Waals surface area (Å²) in [5, 5.41) is 9.49. The van der Waals surface area contributed by atoms with Crippen LogP contribution in [0.2, 0.25) is 0 Å². The van der Waals surface area contributed by atoms with Crippen LogP contribution in [-0.4, -0.2) is 35.6 Å². The molecule has 1 amide bonds. The number of nitrogens with zero attached hydrogens (tertiary/aromatic N) is 2. The van der Waals surface area contributed by atoms with E-state index in [1.165, 1.54) is 24.3 Å². The summed E-state index contributed by atoms with van der Waals surface area (Å²) < 4.78 is 43.3. The van der Waals surface area contributed by atoms with Crippen molar-refractivity contribution in [1.29, 1.82) is 0 Å². The Morgan fingerprint density at radius 1 is 1.27 bits per heavy atom. The zero-order chi connectivity index (χ0) is 21.9. The summed E-state index contributed by atoms with van der Waals surface area (Å²) >= 11 is 5.04. The van der Waals surface area contributed by atoms with Crippen molar-refractivity contribution in [1.82, 2.24) is 20.1 Å². The molecule has 1 heterocycles. The van der Waals surface area contributed by atoms with Gasteiger partial charge in [-0.15, -0.1) is 0 Å². The van der Waals surface area contributed by atoms with Gasteiger partial charge in [0.1, 0.15) is 11.6 Å². The number of carbonyl (C=O) groups is 1. The second-order valence-corrected chi connectivity index (χ2v) is 8.68. The first-order valence-corrected chi connectivity index (χ1v) is 10.8. The van der Waals surface area contributed by atoms with E-state index in [-0.39, 0.29) is 22.1 Å². The molecule has 0 radical (unpaired) electrons. The SMILES string of the molecule is Cc1ccc(S(=O)(=O)Nc2cccc(C(=O)NCCc3n[nH]c(=S)n3C)c2)cc1F. The molecule has 3 N–H and O–H groups in total. The van der Waals surface area contributed by atoms with E-state index in [0.717, 1.165) is 6.07 Å². The number of carbonyl (C=O) groups excluding carboxylic acids is 1. The number of aromatic nitrogens is 3. The minimum Gasteiger partial charge on any atom is -0.352 e. The molecule has 0 saturated carbocycles. The summed E-state index contributed by atoms with van der Waals surface area (Å²) in [6, 6.07) is 9.70. The van der Waals surface area contributed by atoms with Crippen LogP contribution < -0.4 is 10.0 Å². The van der Waals surface area contributed by atoms with Crippen LogP contribution in [0, 0.1) is 17.5 Å². The van der Waals surface area contributed by atoms with E-state index >= 15 is 0 Å². The van der Waals surface area contributed by atoms with Gasteiger partial charge in [-0.05, 0) is 55.0 Å². The number of H-pyrrole nitrogens is 1. The first kappa shape index (κ1) is 21.7. The largest absolute Gasteiger partial charge is 0.352 e. The zero-order valence-corrected chi connectivity index (χ0v) is 17.9. The molecule has 30 heavy (non-hydrogen) atoms. The van der Waals surface area contributed by atoms with Gasteiger partial charge in [0.05, 0.1) is 4.90 Å². The van der Waals surface area contributed by atoms with Gasteiger partial charge in [-0.3, -0.25) is 14.6 Å². The minimum absolute atomic E-state index is 0.193. The summed E-state index contributed by atoms with van der Waals surface area (Å²) in [4.78, 5) is 12.2. The van der Waals surface area contributed by atoms with Crippen LogP contribution in [-0.2, 0) is 23.5 Å². The van der Waals surface area contributed by atoms with Crippen LogP contribution in [0.5, 0.6) is 0 Å². The molecule has 0 atom stereocenters. The highest BCUT2D eigenvalue weighted by molar-refractivity contribution is 7.92. The van der Waals surface area contributed by atoms with E-state index in [1.807, 2.05) is 0 Å². The highest BCUT2D eigenvalue weighted by atomic mass is 32.2. The van der Waals surface area contributed by atoms with Gasteiger partial charge in [-0.25, -0.2) is 12.8 Å². The number of rotatable bonds is 7. The van der Waals surface area contributed by atoms with E-state index in [2.05, 4.69) is 20.2 Å². The predicted molar refractivity (Wildman–Crippen MR) is 113 cm³/mol. The van der Waals surface area contributed by atoms with Gasteiger partial charge in [0.2, 0.25) is 0 Å². The molecule has 11 heteroatoms. The lowest BCUT2D eigenvalue weighted by Crippen LogP contribution is -2.26. The molecule has 8 nitrogen and oxygen atoms in total. The molecule has 0 fully saturated rings. The van der Waals surface area contributed by atoms with Crippen LogP contribution in [0.25, 0.3) is 0 Å². The van der Waals surface area contributed by atoms with Crippen molar-refractivity contribution in [3.63, 3.8) is 0 Å². The molecular weight excluding hydrogens is 429 g/mol. The molecule has 0 bridgehead atoms. The standard InChI is InChI=1S/C19H20FN5O3S2/c1-12-6-7-15(11-16(12)20)30(27,28)24-14-5-3-4-13(10-14)18(26)21-9-8-17-22-23-19(29)25(17)2/h3-7,10-11,24H,8-9H2,1-2H3,(H,21,26)(H,23,29). The van der Waals surface area contributed by atoms with Crippen molar-refractivity contribution >= 4 is 33.8 Å². The first-order chi connectivity index (χ1) is 14.2. The van der Waals surface area contributed by atoms with Crippen molar-refractivity contribution in [2.24, 2.45) is 7.05 Å². The van der Waals surface area contributed by atoms with Crippen molar-refractivity contribution in [3.8, 4) is 0 Å². The summed E-state index contributed by atoms with van der Waals surface area (Å²) in [6.07, 6.45) is 0.473. The normalized spacial score (nSPS) is 11.3. The number of hydrogen-bond acceptors (Lipinski definition) is 5. The third-order valence-corrected chi connectivity index (χ3v) is 6.18. The van der Waals surface area contributed by atoms with E-state index in [9.17, 15) is 17.6 Å². The molecule has 0 aliphatic heterocycles. The lowest BCUT2D eigenvalue weighted by molar-refractivity contribution is 0.0954. The Morgan fingerprint density at radius 2 is 2.03 bits per heavy atom. The molecule has 1 aromatic heterocycles. The number of aromatic amines is 1. The number of nitrogens with one attached hydrogen (secondary N) is 3. The molecule has 0 aliphatic carbocycles. The lowest BCUT2D eigenvalue weighted by atomic mass is 10.2. The van der Waals surface area contributed by atoms with Gasteiger partial charge in [-0.1, -0.05) is 12.1 Å². The number of halogens is 1. The monoisotopic (exact) mass is 449 g/mol. The average molecular weight is 450 g/mol. The molecule has 0 aliphatic rings. The number of anilines is 1. The van der Waals surface area contributed by atoms with Gasteiger partial charge in [0, 0.05) is 31.3 Å². The fourth-order valence-electron chi connectivity index (χ4n) is 2.67. The van der Waals surface area contributed by atoms with Gasteiger partial charge < -0.3 is 9.88 Å². The molecule has 0 unspecified atom stereocenters. The summed E-state index contributed by atoms with van der Waals surface area (Å²) in [5.74, 6) is -0.277. The average Bonchev–Trinajstić information content (AvgIpc) is 3.02. The highest BCUT2D eigenvalue weighted by Crippen LogP contribution is 2.19. The van der Waals surface area contributed by atoms with E-state index in [0.29, 0.717) is 29.1 Å². The predicted octanol–water partition coefficient (Wildman–Crippen LogP) is 2.70. The van der Waals surface area contributed by atoms with E-state index < -0.39 is 15.8 Å². The van der Waals surface area contributed by atoms with Gasteiger partial charge >= 0.3 is 0 Å². The van der Waals surface area contributed by atoms with Crippen molar-refractivity contribution < 1.29 is 17.6 Å². The van der Waals surface area contributed by atoms with Crippen molar-refractivity contribution in [2.75, 3.05) is 11.3 Å². The van der Waals surface area contributed by atoms with Crippen LogP contribution in [0.3, 0.4) is 0 Å². The molecule has 0 spiro atoms. The maximum absolute atomic E-state index is 13.7. The lowest BCUT2D eigenvalue weighted by Gasteiger charge is -2.10. The summed E-state index contributed by atoms with van der Waals surface area (Å²) in [5.41, 5.74) is 0.818. The Bertz CT molecular complexity index is 1250. The Hall–Kier alpha value is -3.05. The molecule has 0 saturated heterocycles. The maximum atomic E-state index is 13.7. The van der Waals surface area contributed by atoms with Crippen LogP contribution in [0.4, 0.5) is 10.1 Å². The Labute approximate surface area is 178 Å². The third kappa shape index (κ3) is 4.92. The van der Waals surface area contributed by atoms with Gasteiger partial charge in [0.15, 0.2) is 4.77 Å². The first-order valence-electron chi connectivity index (χ1n) is 8.95. The fourth-order valence-corrected chi connectivity index (χ4v) is 3.88. The number of sulfonamides is 1. The molecular formula is C19H20FN5O3S2. The number of amides is 1. The van der Waals surface area contributed by atoms with Gasteiger partial charge in [0.25, 0.3) is 15.9 Å². The second kappa shape index (κ2) is 8.76. The Morgan fingerprint density at radius 3 is 2.70 bits per heavy atom. The topological polar surface area (TPSA) is 109 Å². The fraction of sp³-hybridized carbons (Fsp3) is 0.211. The maximum Gasteiger partial charge on any atom is 0.261 e. The third-order valence-electron chi connectivity index (χ3n) is 4.44. The summed E-state index contributed by atoms with van der Waals surface area (Å²) in [7, 11) is -2.22. The Balaban J connectivity index is 1.67. The Kier molecular flexibility index (Phi) is 6.32. The summed E-state index contributed by atoms with van der Waals surface area (Å²) in [6.45, 7) is 1.87. The highest BCUT2D eigenvalue weighted by Gasteiger charge is 2.17. The van der Waals surface area contributed by atoms with E-state index in [1.54, 1.807) is 30.7 Å². The van der Waals surface area contributed by atoms with Crippen LogP contribution >= 0.6 is 12.2 Å². The molecule has 3 aromatic rings.